The van der Waals surface area contributed by atoms with E-state index in [9.17, 15) is 4.79 Å². The fourth-order valence-electron chi connectivity index (χ4n) is 1.54. The Bertz CT molecular complexity index is 556. The van der Waals surface area contributed by atoms with E-state index in [0.29, 0.717) is 0 Å². The van der Waals surface area contributed by atoms with E-state index < -0.39 is 4.30 Å². The van der Waals surface area contributed by atoms with Crippen LogP contribution in [0.5, 0.6) is 0 Å². The first-order valence-electron chi connectivity index (χ1n) is 6.50. The first-order valence-corrected chi connectivity index (χ1v) is 7.81. The zero-order valence-corrected chi connectivity index (χ0v) is 15.8. The van der Waals surface area contributed by atoms with Crippen LogP contribution in [0, 0.1) is 0 Å². The third-order valence-corrected chi connectivity index (χ3v) is 2.48. The number of hydrogen-bond acceptors (Lipinski definition) is 1. The van der Waals surface area contributed by atoms with E-state index in [1.807, 2.05) is 72.8 Å². The van der Waals surface area contributed by atoms with Crippen LogP contribution >= 0.6 is 34.8 Å². The molecule has 0 saturated heterocycles. The molecule has 124 valence electrons. The first kappa shape index (κ1) is 22.1. The van der Waals surface area contributed by atoms with E-state index in [2.05, 4.69) is 0 Å². The summed E-state index contributed by atoms with van der Waals surface area (Å²) in [5, 5.41) is 0. The maximum atomic E-state index is 11.6. The number of hydrogen-bond donors (Lipinski definition) is 0. The number of rotatable bonds is 4. The van der Waals surface area contributed by atoms with E-state index in [0.717, 1.165) is 11.1 Å². The van der Waals surface area contributed by atoms with Crippen molar-refractivity contribution in [2.45, 2.75) is 4.30 Å². The maximum Gasteiger partial charge on any atom is 0.180 e. The van der Waals surface area contributed by atoms with Crippen LogP contribution < -0.4 is 0 Å². The van der Waals surface area contributed by atoms with Gasteiger partial charge in [-0.15, -0.1) is 0 Å². The molecule has 0 atom stereocenters. The standard InChI is InChI=1S/C17H14O.CHCl3.Pd/c18-17(13-11-15-7-3-1-4-8-15)14-12-16-9-5-2-6-10-16;2-1(3)4;/h1-14H;1H;/b13-11-,14-12+;;. The van der Waals surface area contributed by atoms with Gasteiger partial charge >= 0.3 is 0 Å². The van der Waals surface area contributed by atoms with E-state index >= 15 is 0 Å². The monoisotopic (exact) mass is 458 g/mol. The fraction of sp³-hybridized carbons (Fsp3) is 0.0556. The van der Waals surface area contributed by atoms with Crippen molar-refractivity contribution in [1.29, 1.82) is 0 Å². The largest absolute Gasteiger partial charge is 0.290 e. The summed E-state index contributed by atoms with van der Waals surface area (Å²) in [6, 6.07) is 19.6. The Labute approximate surface area is 165 Å². The Hall–Kier alpha value is -0.878. The third kappa shape index (κ3) is 12.2. The summed E-state index contributed by atoms with van der Waals surface area (Å²) in [6.07, 6.45) is 6.79. The molecule has 0 aliphatic heterocycles. The van der Waals surface area contributed by atoms with E-state index in [1.165, 1.54) is 0 Å². The molecule has 2 rings (SSSR count). The normalized spacial score (nSPS) is 10.3. The topological polar surface area (TPSA) is 17.1 Å². The predicted molar refractivity (Wildman–Crippen MR) is 97.3 cm³/mol. The molecule has 2 aromatic carbocycles. The molecule has 0 heterocycles. The fourth-order valence-corrected chi connectivity index (χ4v) is 1.54. The van der Waals surface area contributed by atoms with Gasteiger partial charge in [-0.05, 0) is 23.3 Å². The van der Waals surface area contributed by atoms with Gasteiger partial charge in [-0.25, -0.2) is 0 Å². The number of carbonyl (C=O) groups excluding carboxylic acids is 1. The summed E-state index contributed by atoms with van der Waals surface area (Å²) < 4.78 is -0.750. The molecule has 2 aromatic rings. The smallest absolute Gasteiger partial charge is 0.180 e. The number of carbonyl (C=O) groups is 1. The van der Waals surface area contributed by atoms with Crippen LogP contribution in [0.2, 0.25) is 0 Å². The number of benzene rings is 2. The van der Waals surface area contributed by atoms with E-state index in [1.54, 1.807) is 12.2 Å². The van der Waals surface area contributed by atoms with Crippen molar-refractivity contribution in [2.24, 2.45) is 0 Å². The molecular formula is C18H15Cl3OPd. The Balaban J connectivity index is 0.000000871. The van der Waals surface area contributed by atoms with Gasteiger partial charge in [0.05, 0.1) is 0 Å². The van der Waals surface area contributed by atoms with E-state index in [4.69, 9.17) is 34.8 Å². The molecule has 0 bridgehead atoms. The van der Waals surface area contributed by atoms with Crippen LogP contribution in [0.1, 0.15) is 11.1 Å². The molecule has 23 heavy (non-hydrogen) atoms. The second-order valence-electron chi connectivity index (χ2n) is 4.14. The van der Waals surface area contributed by atoms with E-state index in [-0.39, 0.29) is 26.2 Å². The zero-order valence-electron chi connectivity index (χ0n) is 12.0. The predicted octanol–water partition coefficient (Wildman–Crippen LogP) is 5.97. The van der Waals surface area contributed by atoms with Gasteiger partial charge < -0.3 is 0 Å². The van der Waals surface area contributed by atoms with Gasteiger partial charge in [0, 0.05) is 20.4 Å². The molecular weight excluding hydrogens is 445 g/mol. The SMILES string of the molecule is ClC(Cl)Cl.O=C(/C=C\c1ccccc1)/C=C/c1ccccc1.[Pd]. The minimum Gasteiger partial charge on any atom is -0.290 e. The Morgan fingerprint density at radius 3 is 1.35 bits per heavy atom. The third-order valence-electron chi connectivity index (χ3n) is 2.48. The quantitative estimate of drug-likeness (QED) is 0.313. The molecule has 0 fully saturated rings. The van der Waals surface area contributed by atoms with Crippen molar-refractivity contribution in [2.75, 3.05) is 0 Å². The molecule has 0 saturated carbocycles. The Morgan fingerprint density at radius 1 is 0.739 bits per heavy atom. The maximum absolute atomic E-state index is 11.6. The second kappa shape index (κ2) is 13.6. The van der Waals surface area contributed by atoms with Crippen LogP contribution in [-0.2, 0) is 25.2 Å². The zero-order chi connectivity index (χ0) is 16.2. The summed E-state index contributed by atoms with van der Waals surface area (Å²) in [5.41, 5.74) is 2.05. The average Bonchev–Trinajstić information content (AvgIpc) is 2.52. The molecule has 0 unspecified atom stereocenters. The first-order chi connectivity index (χ1) is 10.6. The molecule has 1 nitrogen and oxygen atoms in total. The van der Waals surface area contributed by atoms with Crippen molar-refractivity contribution >= 4 is 52.7 Å². The summed E-state index contributed by atoms with van der Waals surface area (Å²) in [6.45, 7) is 0. The number of alkyl halides is 3. The summed E-state index contributed by atoms with van der Waals surface area (Å²) in [5.74, 6) is -0.0114. The minimum absolute atomic E-state index is 0. The van der Waals surface area contributed by atoms with Crippen LogP contribution in [0.25, 0.3) is 12.2 Å². The average molecular weight is 460 g/mol. The molecule has 0 amide bonds. The Kier molecular flexibility index (Phi) is 13.0. The summed E-state index contributed by atoms with van der Waals surface area (Å²) in [4.78, 5) is 11.6. The molecule has 0 aliphatic rings. The number of ketones is 1. The van der Waals surface area contributed by atoms with Gasteiger partial charge in [0.25, 0.3) is 0 Å². The molecule has 0 N–H and O–H groups in total. The van der Waals surface area contributed by atoms with Gasteiger partial charge in [-0.1, -0.05) is 108 Å². The summed E-state index contributed by atoms with van der Waals surface area (Å²) >= 11 is 14.4. The van der Waals surface area contributed by atoms with Crippen molar-refractivity contribution in [3.8, 4) is 0 Å². The van der Waals surface area contributed by atoms with Crippen molar-refractivity contribution < 1.29 is 25.2 Å². The number of halogens is 3. The van der Waals surface area contributed by atoms with Gasteiger partial charge in [0.15, 0.2) is 10.1 Å². The Morgan fingerprint density at radius 2 is 1.04 bits per heavy atom. The van der Waals surface area contributed by atoms with Crippen LogP contribution in [0.4, 0.5) is 0 Å². The van der Waals surface area contributed by atoms with Crippen LogP contribution in [0.3, 0.4) is 0 Å². The molecule has 5 heteroatoms. The minimum atomic E-state index is -0.750. The second-order valence-corrected chi connectivity index (χ2v) is 6.12. The molecule has 0 aromatic heterocycles. The van der Waals surface area contributed by atoms with Crippen molar-refractivity contribution in [1.82, 2.24) is 0 Å². The van der Waals surface area contributed by atoms with Crippen molar-refractivity contribution in [3.05, 3.63) is 83.9 Å². The van der Waals surface area contributed by atoms with Crippen LogP contribution in [0.15, 0.2) is 72.8 Å². The van der Waals surface area contributed by atoms with Gasteiger partial charge in [-0.3, -0.25) is 4.79 Å². The molecule has 0 radical (unpaired) electrons. The van der Waals surface area contributed by atoms with Gasteiger partial charge in [-0.2, -0.15) is 0 Å². The summed E-state index contributed by atoms with van der Waals surface area (Å²) in [7, 11) is 0. The van der Waals surface area contributed by atoms with Gasteiger partial charge in [0.1, 0.15) is 0 Å². The molecule has 0 aliphatic carbocycles. The van der Waals surface area contributed by atoms with Gasteiger partial charge in [0.2, 0.25) is 0 Å². The number of allylic oxidation sites excluding steroid dienone is 2. The van der Waals surface area contributed by atoms with Crippen molar-refractivity contribution in [3.63, 3.8) is 0 Å². The van der Waals surface area contributed by atoms with Crippen LogP contribution in [-0.4, -0.2) is 10.1 Å². The molecule has 0 spiro atoms.